The van der Waals surface area contributed by atoms with E-state index in [0.717, 1.165) is 5.56 Å². The predicted molar refractivity (Wildman–Crippen MR) is 61.9 cm³/mol. The molecule has 0 saturated carbocycles. The van der Waals surface area contributed by atoms with Crippen molar-refractivity contribution in [3.05, 3.63) is 41.7 Å². The first-order chi connectivity index (χ1) is 8.15. The molecule has 1 aromatic heterocycles. The largest absolute Gasteiger partial charge is 0.476 e. The Bertz CT molecular complexity index is 546. The first kappa shape index (κ1) is 11.2. The van der Waals surface area contributed by atoms with E-state index in [1.165, 1.54) is 11.8 Å². The van der Waals surface area contributed by atoms with Gasteiger partial charge in [-0.3, -0.25) is 0 Å². The minimum atomic E-state index is -1.06. The van der Waals surface area contributed by atoms with E-state index in [1.54, 1.807) is 6.92 Å². The highest BCUT2D eigenvalue weighted by atomic mass is 16.6. The number of aromatic nitrogens is 2. The molecule has 1 N–H and O–H groups in total. The molecule has 0 atom stereocenters. The second-order valence-corrected chi connectivity index (χ2v) is 3.52. The summed E-state index contributed by atoms with van der Waals surface area (Å²) in [5.41, 5.74) is 1.29. The monoisotopic (exact) mass is 232 g/mol. The standard InChI is InChI=1S/C12H12N2O3/c1-8-10(12(15)16)14(17-2)11(13-8)9-6-4-3-5-7-9/h3-7H,1-2H3,(H,15,16). The number of hydrogen-bond donors (Lipinski definition) is 1. The molecule has 0 unspecified atom stereocenters. The number of rotatable bonds is 3. The second-order valence-electron chi connectivity index (χ2n) is 3.52. The van der Waals surface area contributed by atoms with Crippen molar-refractivity contribution in [2.24, 2.45) is 0 Å². The highest BCUT2D eigenvalue weighted by Crippen LogP contribution is 2.20. The number of benzene rings is 1. The van der Waals surface area contributed by atoms with Crippen LogP contribution in [0.1, 0.15) is 16.2 Å². The second kappa shape index (κ2) is 4.29. The summed E-state index contributed by atoms with van der Waals surface area (Å²) >= 11 is 0. The van der Waals surface area contributed by atoms with Gasteiger partial charge in [-0.1, -0.05) is 30.3 Å². The summed E-state index contributed by atoms with van der Waals surface area (Å²) < 4.78 is 1.23. The summed E-state index contributed by atoms with van der Waals surface area (Å²) in [5, 5.41) is 9.10. The quantitative estimate of drug-likeness (QED) is 0.873. The molecular weight excluding hydrogens is 220 g/mol. The van der Waals surface area contributed by atoms with Crippen LogP contribution < -0.4 is 4.84 Å². The summed E-state index contributed by atoms with van der Waals surface area (Å²) in [6.07, 6.45) is 0. The fourth-order valence-electron chi connectivity index (χ4n) is 1.70. The molecular formula is C12H12N2O3. The lowest BCUT2D eigenvalue weighted by Crippen LogP contribution is -2.15. The van der Waals surface area contributed by atoms with E-state index in [-0.39, 0.29) is 5.69 Å². The SMILES string of the molecule is COn1c(-c2ccccc2)nc(C)c1C(=O)O. The van der Waals surface area contributed by atoms with E-state index in [9.17, 15) is 4.79 Å². The van der Waals surface area contributed by atoms with Crippen LogP contribution in [-0.4, -0.2) is 27.9 Å². The summed E-state index contributed by atoms with van der Waals surface area (Å²) in [5.74, 6) is -0.568. The van der Waals surface area contributed by atoms with Crippen molar-refractivity contribution < 1.29 is 14.7 Å². The number of aromatic carboxylic acids is 1. The first-order valence-corrected chi connectivity index (χ1v) is 5.07. The van der Waals surface area contributed by atoms with Crippen molar-refractivity contribution in [2.75, 3.05) is 7.11 Å². The lowest BCUT2D eigenvalue weighted by atomic mass is 10.2. The van der Waals surface area contributed by atoms with Gasteiger partial charge in [0.25, 0.3) is 0 Å². The van der Waals surface area contributed by atoms with Gasteiger partial charge in [-0.15, -0.1) is 0 Å². The maximum absolute atomic E-state index is 11.1. The topological polar surface area (TPSA) is 64.4 Å². The maximum atomic E-state index is 11.1. The van der Waals surface area contributed by atoms with E-state index < -0.39 is 5.97 Å². The number of carboxylic acids is 1. The fraction of sp³-hybridized carbons (Fsp3) is 0.167. The van der Waals surface area contributed by atoms with Gasteiger partial charge in [0.1, 0.15) is 7.11 Å². The smallest absolute Gasteiger partial charge is 0.357 e. The van der Waals surface area contributed by atoms with Gasteiger partial charge in [-0.25, -0.2) is 9.78 Å². The van der Waals surface area contributed by atoms with E-state index in [1.807, 2.05) is 30.3 Å². The minimum absolute atomic E-state index is 0.0475. The molecule has 0 bridgehead atoms. The molecule has 0 aliphatic carbocycles. The molecule has 0 fully saturated rings. The van der Waals surface area contributed by atoms with Crippen LogP contribution in [0.2, 0.25) is 0 Å². The third-order valence-electron chi connectivity index (χ3n) is 2.43. The lowest BCUT2D eigenvalue weighted by Gasteiger charge is -2.07. The van der Waals surface area contributed by atoms with Crippen LogP contribution in [0.3, 0.4) is 0 Å². The Morgan fingerprint density at radius 1 is 1.35 bits per heavy atom. The van der Waals surface area contributed by atoms with Gasteiger partial charge >= 0.3 is 5.97 Å². The van der Waals surface area contributed by atoms with Crippen LogP contribution in [0.5, 0.6) is 0 Å². The van der Waals surface area contributed by atoms with Gasteiger partial charge < -0.3 is 9.94 Å². The van der Waals surface area contributed by atoms with Gasteiger partial charge in [0.05, 0.1) is 5.69 Å². The van der Waals surface area contributed by atoms with Gasteiger partial charge in [-0.05, 0) is 6.92 Å². The summed E-state index contributed by atoms with van der Waals surface area (Å²) in [4.78, 5) is 20.4. The molecule has 5 nitrogen and oxygen atoms in total. The number of aryl methyl sites for hydroxylation is 1. The molecule has 1 heterocycles. The van der Waals surface area contributed by atoms with Crippen LogP contribution in [0, 0.1) is 6.92 Å². The van der Waals surface area contributed by atoms with Crippen LogP contribution in [0.4, 0.5) is 0 Å². The molecule has 5 heteroatoms. The Kier molecular flexibility index (Phi) is 2.82. The fourth-order valence-corrected chi connectivity index (χ4v) is 1.70. The highest BCUT2D eigenvalue weighted by Gasteiger charge is 2.21. The number of carbonyl (C=O) groups is 1. The van der Waals surface area contributed by atoms with Gasteiger partial charge in [0.2, 0.25) is 0 Å². The van der Waals surface area contributed by atoms with Crippen LogP contribution in [0.15, 0.2) is 30.3 Å². The number of carboxylic acid groups (broad SMARTS) is 1. The Morgan fingerprint density at radius 2 is 2.00 bits per heavy atom. The normalized spacial score (nSPS) is 10.2. The zero-order chi connectivity index (χ0) is 12.4. The Labute approximate surface area is 98.2 Å². The van der Waals surface area contributed by atoms with E-state index >= 15 is 0 Å². The molecule has 2 aromatic rings. The molecule has 2 rings (SSSR count). The van der Waals surface area contributed by atoms with Crippen LogP contribution in [-0.2, 0) is 0 Å². The van der Waals surface area contributed by atoms with Gasteiger partial charge in [0, 0.05) is 5.56 Å². The average molecular weight is 232 g/mol. The third-order valence-corrected chi connectivity index (χ3v) is 2.43. The zero-order valence-corrected chi connectivity index (χ0v) is 9.54. The van der Waals surface area contributed by atoms with E-state index in [4.69, 9.17) is 9.94 Å². The van der Waals surface area contributed by atoms with Crippen molar-refractivity contribution in [2.45, 2.75) is 6.92 Å². The maximum Gasteiger partial charge on any atom is 0.357 e. The lowest BCUT2D eigenvalue weighted by molar-refractivity contribution is 0.0640. The number of imidazole rings is 1. The van der Waals surface area contributed by atoms with Crippen molar-refractivity contribution in [1.82, 2.24) is 9.71 Å². The Hall–Kier alpha value is -2.30. The van der Waals surface area contributed by atoms with Crippen LogP contribution in [0.25, 0.3) is 11.4 Å². The Morgan fingerprint density at radius 3 is 2.53 bits per heavy atom. The zero-order valence-electron chi connectivity index (χ0n) is 9.54. The molecule has 88 valence electrons. The predicted octanol–water partition coefficient (Wildman–Crippen LogP) is 1.62. The summed E-state index contributed by atoms with van der Waals surface area (Å²) in [6, 6.07) is 9.31. The summed E-state index contributed by atoms with van der Waals surface area (Å²) in [6.45, 7) is 1.64. The van der Waals surface area contributed by atoms with Crippen LogP contribution >= 0.6 is 0 Å². The Balaban J connectivity index is 2.64. The molecule has 0 amide bonds. The van der Waals surface area contributed by atoms with E-state index in [0.29, 0.717) is 11.5 Å². The molecule has 0 radical (unpaired) electrons. The molecule has 0 aliphatic heterocycles. The van der Waals surface area contributed by atoms with Crippen molar-refractivity contribution in [3.63, 3.8) is 0 Å². The summed E-state index contributed by atoms with van der Waals surface area (Å²) in [7, 11) is 1.42. The molecule has 0 aliphatic rings. The van der Waals surface area contributed by atoms with Crippen molar-refractivity contribution in [3.8, 4) is 11.4 Å². The van der Waals surface area contributed by atoms with Crippen molar-refractivity contribution in [1.29, 1.82) is 0 Å². The number of nitrogens with zero attached hydrogens (tertiary/aromatic N) is 2. The van der Waals surface area contributed by atoms with Crippen molar-refractivity contribution >= 4 is 5.97 Å². The first-order valence-electron chi connectivity index (χ1n) is 5.07. The molecule has 0 saturated heterocycles. The minimum Gasteiger partial charge on any atom is -0.476 e. The number of hydrogen-bond acceptors (Lipinski definition) is 3. The molecule has 17 heavy (non-hydrogen) atoms. The highest BCUT2D eigenvalue weighted by molar-refractivity contribution is 5.88. The average Bonchev–Trinajstić information content (AvgIpc) is 2.67. The van der Waals surface area contributed by atoms with Gasteiger partial charge in [0.15, 0.2) is 11.5 Å². The molecule has 0 spiro atoms. The van der Waals surface area contributed by atoms with E-state index in [2.05, 4.69) is 4.98 Å². The molecule has 1 aromatic carbocycles. The van der Waals surface area contributed by atoms with Gasteiger partial charge in [-0.2, -0.15) is 4.73 Å². The third kappa shape index (κ3) is 1.87.